The van der Waals surface area contributed by atoms with Crippen molar-refractivity contribution in [2.24, 2.45) is 0 Å². The number of aromatic nitrogens is 3. The van der Waals surface area contributed by atoms with Crippen molar-refractivity contribution in [1.29, 1.82) is 0 Å². The van der Waals surface area contributed by atoms with E-state index in [-0.39, 0.29) is 0 Å². The van der Waals surface area contributed by atoms with Gasteiger partial charge in [-0.1, -0.05) is 66.2 Å². The third kappa shape index (κ3) is 4.93. The number of carbonyl (C=O) groups excluding carboxylic acids is 1. The minimum absolute atomic E-state index is 0.479. The molecule has 3 aromatic carbocycles. The van der Waals surface area contributed by atoms with Gasteiger partial charge in [-0.15, -0.1) is 0 Å². The number of esters is 1. The summed E-state index contributed by atoms with van der Waals surface area (Å²) < 4.78 is 19.7. The molecule has 0 saturated carbocycles. The maximum Gasteiger partial charge on any atom is 0.342 e. The van der Waals surface area contributed by atoms with Gasteiger partial charge >= 0.3 is 5.97 Å². The first-order valence-corrected chi connectivity index (χ1v) is 16.0. The molecule has 0 unspecified atom stereocenters. The highest BCUT2D eigenvalue weighted by molar-refractivity contribution is 6.36. The van der Waals surface area contributed by atoms with E-state index in [0.29, 0.717) is 52.9 Å². The molecular weight excluding hydrogens is 600 g/mol. The van der Waals surface area contributed by atoms with Gasteiger partial charge < -0.3 is 19.1 Å². The number of cyclic esters (lactones) is 1. The Bertz CT molecular complexity index is 2070. The van der Waals surface area contributed by atoms with Gasteiger partial charge in [0.1, 0.15) is 12.4 Å². The first kappa shape index (κ1) is 28.8. The Kier molecular flexibility index (Phi) is 6.88. The van der Waals surface area contributed by atoms with E-state index in [9.17, 15) is 4.79 Å². The monoisotopic (exact) mass is 632 g/mol. The average Bonchev–Trinajstić information content (AvgIpc) is 3.59. The third-order valence-corrected chi connectivity index (χ3v) is 9.22. The first-order chi connectivity index (χ1) is 22.3. The molecule has 5 aromatic rings. The van der Waals surface area contributed by atoms with Gasteiger partial charge in [0.15, 0.2) is 11.8 Å². The average molecular weight is 633 g/mol. The molecule has 8 nitrogen and oxygen atoms in total. The number of fused-ring (bicyclic) bond motifs is 9. The fourth-order valence-corrected chi connectivity index (χ4v) is 7.08. The normalized spacial score (nSPS) is 19.3. The number of benzene rings is 3. The molecule has 3 aliphatic heterocycles. The van der Waals surface area contributed by atoms with Crippen molar-refractivity contribution >= 4 is 28.9 Å². The predicted molar refractivity (Wildman–Crippen MR) is 178 cm³/mol. The van der Waals surface area contributed by atoms with Crippen LogP contribution in [0.2, 0.25) is 5.02 Å². The van der Waals surface area contributed by atoms with Crippen LogP contribution in [0, 0.1) is 6.92 Å². The molecule has 0 amide bonds. The first-order valence-electron chi connectivity index (χ1n) is 15.6. The van der Waals surface area contributed by atoms with Gasteiger partial charge in [0.25, 0.3) is 0 Å². The van der Waals surface area contributed by atoms with Crippen molar-refractivity contribution in [3.63, 3.8) is 0 Å². The number of anilines is 1. The summed E-state index contributed by atoms with van der Waals surface area (Å²) in [5, 5.41) is 5.62. The smallest absolute Gasteiger partial charge is 0.342 e. The maximum absolute atomic E-state index is 13.3. The molecule has 1 fully saturated rings. The highest BCUT2D eigenvalue weighted by atomic mass is 35.5. The van der Waals surface area contributed by atoms with Gasteiger partial charge in [0, 0.05) is 48.8 Å². The zero-order valence-corrected chi connectivity index (χ0v) is 26.7. The SMILES string of the molecule is Cc1nc2cc3nn2c(c1[C@@H]1OC(C)(C)OC1=O)-c1ccc2c(c1Cl)N(C/C=C/CCc1cccc(c1)-c1cccc-3c1)CCO2. The Labute approximate surface area is 272 Å². The molecule has 0 radical (unpaired) electrons. The second kappa shape index (κ2) is 11.0. The Hall–Kier alpha value is -4.66. The lowest BCUT2D eigenvalue weighted by atomic mass is 9.98. The molecule has 9 heteroatoms. The second-order valence-corrected chi connectivity index (χ2v) is 12.8. The fourth-order valence-electron chi connectivity index (χ4n) is 6.71. The molecule has 232 valence electrons. The number of hydrogen-bond acceptors (Lipinski definition) is 7. The molecule has 0 N–H and O–H groups in total. The quantitative estimate of drug-likeness (QED) is 0.138. The van der Waals surface area contributed by atoms with Crippen LogP contribution in [-0.4, -0.2) is 46.1 Å². The Balaban J connectivity index is 1.41. The molecule has 0 spiro atoms. The van der Waals surface area contributed by atoms with Crippen LogP contribution in [0.4, 0.5) is 5.69 Å². The summed E-state index contributed by atoms with van der Waals surface area (Å²) in [6.07, 6.45) is 5.30. The largest absolute Gasteiger partial charge is 0.490 e. The third-order valence-electron chi connectivity index (χ3n) is 8.83. The minimum atomic E-state index is -1.09. The fraction of sp³-hybridized carbons (Fsp3) is 0.270. The van der Waals surface area contributed by atoms with Crippen molar-refractivity contribution < 1.29 is 19.0 Å². The summed E-state index contributed by atoms with van der Waals surface area (Å²) in [6, 6.07) is 22.9. The van der Waals surface area contributed by atoms with Gasteiger partial charge in [-0.25, -0.2) is 14.3 Å². The lowest BCUT2D eigenvalue weighted by molar-refractivity contribution is -0.160. The van der Waals surface area contributed by atoms with Gasteiger partial charge in [-0.05, 0) is 54.7 Å². The zero-order chi connectivity index (χ0) is 31.6. The topological polar surface area (TPSA) is 78.2 Å². The standard InChI is InChI=1S/C37H33ClN4O4/c1-22-31(35-36(43)46-37(2,3)45-35)33-27-14-15-29-34(32(27)38)41(17-18-44-29)16-6-4-5-9-23-10-7-11-24(19-23)25-12-8-13-26(20-25)28-21-30(39-22)42(33)40-28/h4,6-8,10-15,19-21,35H,5,9,16-18H2,1-3H3/b6-4+/t35-/m0/s1. The van der Waals surface area contributed by atoms with Crippen LogP contribution in [0.1, 0.15) is 43.2 Å². The van der Waals surface area contributed by atoms with Crippen molar-refractivity contribution in [2.45, 2.75) is 45.5 Å². The number of aryl methyl sites for hydroxylation is 2. The van der Waals surface area contributed by atoms with Crippen LogP contribution < -0.4 is 9.64 Å². The van der Waals surface area contributed by atoms with Gasteiger partial charge in [-0.2, -0.15) is 5.10 Å². The van der Waals surface area contributed by atoms with Crippen molar-refractivity contribution in [3.8, 4) is 39.4 Å². The van der Waals surface area contributed by atoms with E-state index in [1.54, 1.807) is 18.4 Å². The van der Waals surface area contributed by atoms with E-state index in [1.165, 1.54) is 5.56 Å². The van der Waals surface area contributed by atoms with Crippen molar-refractivity contribution in [1.82, 2.24) is 14.6 Å². The molecule has 8 rings (SSSR count). The molecule has 8 bridgehead atoms. The number of halogens is 1. The molecule has 1 atom stereocenters. The second-order valence-electron chi connectivity index (χ2n) is 12.4. The van der Waals surface area contributed by atoms with E-state index in [0.717, 1.165) is 46.7 Å². The number of nitrogens with zero attached hydrogens (tertiary/aromatic N) is 4. The highest BCUT2D eigenvalue weighted by Gasteiger charge is 2.45. The summed E-state index contributed by atoms with van der Waals surface area (Å²) >= 11 is 7.37. The summed E-state index contributed by atoms with van der Waals surface area (Å²) in [6.45, 7) is 7.27. The molecule has 0 aliphatic carbocycles. The van der Waals surface area contributed by atoms with Crippen LogP contribution in [-0.2, 0) is 20.7 Å². The van der Waals surface area contributed by atoms with Crippen LogP contribution in [0.5, 0.6) is 5.75 Å². The van der Waals surface area contributed by atoms with Crippen LogP contribution >= 0.6 is 11.6 Å². The lowest BCUT2D eigenvalue weighted by Gasteiger charge is -2.32. The summed E-state index contributed by atoms with van der Waals surface area (Å²) in [5.74, 6) is -0.851. The highest BCUT2D eigenvalue weighted by Crippen LogP contribution is 2.47. The molecule has 46 heavy (non-hydrogen) atoms. The molecule has 5 heterocycles. The minimum Gasteiger partial charge on any atom is -0.490 e. The summed E-state index contributed by atoms with van der Waals surface area (Å²) in [4.78, 5) is 20.5. The maximum atomic E-state index is 13.3. The molecule has 3 aliphatic rings. The Morgan fingerprint density at radius 2 is 1.78 bits per heavy atom. The van der Waals surface area contributed by atoms with E-state index < -0.39 is 17.9 Å². The molecule has 2 aromatic heterocycles. The van der Waals surface area contributed by atoms with Crippen molar-refractivity contribution in [2.75, 3.05) is 24.6 Å². The summed E-state index contributed by atoms with van der Waals surface area (Å²) in [7, 11) is 0. The number of hydrogen-bond donors (Lipinski definition) is 0. The van der Waals surface area contributed by atoms with E-state index in [4.69, 9.17) is 35.9 Å². The molecular formula is C37H33ClN4O4. The van der Waals surface area contributed by atoms with Gasteiger partial charge in [0.2, 0.25) is 5.79 Å². The Morgan fingerprint density at radius 1 is 0.978 bits per heavy atom. The summed E-state index contributed by atoms with van der Waals surface area (Å²) in [5.41, 5.74) is 9.22. The van der Waals surface area contributed by atoms with Crippen molar-refractivity contribution in [3.05, 3.63) is 101 Å². The zero-order valence-electron chi connectivity index (χ0n) is 25.9. The number of carbonyl (C=O) groups is 1. The van der Waals surface area contributed by atoms with Crippen LogP contribution in [0.25, 0.3) is 39.3 Å². The lowest BCUT2D eigenvalue weighted by Crippen LogP contribution is -2.33. The van der Waals surface area contributed by atoms with E-state index in [2.05, 4.69) is 65.6 Å². The van der Waals surface area contributed by atoms with Crippen LogP contribution in [0.3, 0.4) is 0 Å². The van der Waals surface area contributed by atoms with E-state index in [1.807, 2.05) is 25.1 Å². The number of ether oxygens (including phenoxy) is 3. The van der Waals surface area contributed by atoms with Gasteiger partial charge in [-0.3, -0.25) is 0 Å². The predicted octanol–water partition coefficient (Wildman–Crippen LogP) is 7.74. The van der Waals surface area contributed by atoms with Gasteiger partial charge in [0.05, 0.1) is 28.6 Å². The number of rotatable bonds is 1. The Morgan fingerprint density at radius 3 is 2.61 bits per heavy atom. The molecule has 1 saturated heterocycles. The number of allylic oxidation sites excluding steroid dienone is 1. The van der Waals surface area contributed by atoms with E-state index >= 15 is 0 Å². The van der Waals surface area contributed by atoms with Crippen LogP contribution in [0.15, 0.2) is 78.9 Å².